The molecule has 0 amide bonds. The van der Waals surface area contributed by atoms with Crippen molar-refractivity contribution in [3.8, 4) is 51.3 Å². The molecule has 2 aromatic heterocycles. The number of benzene rings is 5. The predicted molar refractivity (Wildman–Crippen MR) is 159 cm³/mol. The summed E-state index contributed by atoms with van der Waals surface area (Å²) in [5.74, 6) is 0.844. The number of hydrogen-bond donors (Lipinski definition) is 1. The summed E-state index contributed by atoms with van der Waals surface area (Å²) >= 11 is 0. The number of phenols is 1. The first-order valence-electron chi connectivity index (χ1n) is 13.0. The van der Waals surface area contributed by atoms with Crippen LogP contribution in [0.15, 0.2) is 128 Å². The lowest BCUT2D eigenvalue weighted by Crippen LogP contribution is -1.99. The van der Waals surface area contributed by atoms with Crippen LogP contribution in [-0.2, 0) is 0 Å². The summed E-state index contributed by atoms with van der Waals surface area (Å²) < 4.78 is 2.14. The van der Waals surface area contributed by atoms with Gasteiger partial charge < -0.3 is 5.11 Å². The molecule has 0 radical (unpaired) electrons. The molecule has 0 aliphatic rings. The van der Waals surface area contributed by atoms with Crippen LogP contribution >= 0.6 is 0 Å². The second kappa shape index (κ2) is 9.54. The van der Waals surface area contributed by atoms with Crippen molar-refractivity contribution in [3.05, 3.63) is 133 Å². The summed E-state index contributed by atoms with van der Waals surface area (Å²) in [6, 6.07) is 42.0. The van der Waals surface area contributed by atoms with Gasteiger partial charge in [0.15, 0.2) is 0 Å². The number of imidazole rings is 1. The van der Waals surface area contributed by atoms with E-state index in [0.29, 0.717) is 17.0 Å². The highest BCUT2D eigenvalue weighted by atomic mass is 16.3. The van der Waals surface area contributed by atoms with Gasteiger partial charge in [-0.3, -0.25) is 9.55 Å². The van der Waals surface area contributed by atoms with Crippen LogP contribution in [-0.4, -0.2) is 19.6 Å². The van der Waals surface area contributed by atoms with Gasteiger partial charge in [-0.15, -0.1) is 0 Å². The molecule has 0 aliphatic heterocycles. The van der Waals surface area contributed by atoms with Crippen molar-refractivity contribution < 1.29 is 5.11 Å². The lowest BCUT2D eigenvalue weighted by atomic mass is 10.00. The smallest absolute Gasteiger partial charge is 0.149 e. The molecule has 1 N–H and O–H groups in total. The van der Waals surface area contributed by atoms with Gasteiger partial charge in [-0.2, -0.15) is 5.26 Å². The second-order valence-corrected chi connectivity index (χ2v) is 9.58. The molecule has 2 heterocycles. The molecule has 7 aromatic rings. The zero-order valence-electron chi connectivity index (χ0n) is 21.4. The Morgan fingerprint density at radius 3 is 2.30 bits per heavy atom. The molecule has 0 fully saturated rings. The minimum absolute atomic E-state index is 0.176. The quantitative estimate of drug-likeness (QED) is 0.257. The largest absolute Gasteiger partial charge is 0.507 e. The molecule has 40 heavy (non-hydrogen) atoms. The molecule has 0 bridgehead atoms. The maximum absolute atomic E-state index is 10.9. The Labute approximate surface area is 230 Å². The molecule has 7 rings (SSSR count). The molecule has 5 heteroatoms. The van der Waals surface area contributed by atoms with Crippen LogP contribution in [0.3, 0.4) is 0 Å². The first-order valence-corrected chi connectivity index (χ1v) is 13.0. The first-order chi connectivity index (χ1) is 19.7. The fourth-order valence-corrected chi connectivity index (χ4v) is 5.30. The number of para-hydroxylation sites is 2. The molecule has 0 aliphatic carbocycles. The number of hydrogen-bond acceptors (Lipinski definition) is 4. The number of phenolic OH excluding ortho intramolecular Hbond substituents is 1. The van der Waals surface area contributed by atoms with E-state index in [0.717, 1.165) is 49.9 Å². The Balaban J connectivity index is 1.49. The van der Waals surface area contributed by atoms with Crippen LogP contribution in [0, 0.1) is 11.3 Å². The molecule has 5 aromatic carbocycles. The lowest BCUT2D eigenvalue weighted by Gasteiger charge is -2.13. The first kappa shape index (κ1) is 23.4. The van der Waals surface area contributed by atoms with E-state index in [1.807, 2.05) is 54.6 Å². The van der Waals surface area contributed by atoms with Gasteiger partial charge in [0, 0.05) is 22.7 Å². The molecule has 5 nitrogen and oxygen atoms in total. The molecule has 0 spiro atoms. The Bertz CT molecular complexity index is 2080. The minimum atomic E-state index is 0.176. The Kier molecular flexibility index (Phi) is 5.58. The summed E-state index contributed by atoms with van der Waals surface area (Å²) in [5.41, 5.74) is 7.68. The van der Waals surface area contributed by atoms with Gasteiger partial charge in [0.2, 0.25) is 0 Å². The highest BCUT2D eigenvalue weighted by molar-refractivity contribution is 5.99. The standard InChI is InChI=1S/C35H22N4O/c36-21-23-18-19-30(37-22-23)26-11-5-10-25(20-26)28-14-7-16-32-34(28)38-35(29-13-3-4-17-33(29)40)39(32)31-15-6-9-24-8-1-2-12-27(24)31/h1-20,22,40H. The summed E-state index contributed by atoms with van der Waals surface area (Å²) in [7, 11) is 0. The molecule has 0 saturated heterocycles. The van der Waals surface area contributed by atoms with E-state index in [1.54, 1.807) is 18.3 Å². The van der Waals surface area contributed by atoms with Crippen molar-refractivity contribution in [3.63, 3.8) is 0 Å². The number of rotatable bonds is 4. The zero-order chi connectivity index (χ0) is 27.1. The van der Waals surface area contributed by atoms with Crippen LogP contribution in [0.25, 0.3) is 61.3 Å². The predicted octanol–water partition coefficient (Wildman–Crippen LogP) is 8.15. The number of pyridine rings is 1. The SMILES string of the molecule is N#Cc1ccc(-c2cccc(-c3cccc4c3nc(-c3ccccc3O)n4-c3cccc4ccccc34)c2)nc1. The third kappa shape index (κ3) is 3.87. The van der Waals surface area contributed by atoms with E-state index >= 15 is 0 Å². The van der Waals surface area contributed by atoms with E-state index in [4.69, 9.17) is 10.2 Å². The number of nitriles is 1. The van der Waals surface area contributed by atoms with E-state index in [2.05, 4.69) is 70.2 Å². The minimum Gasteiger partial charge on any atom is -0.507 e. The zero-order valence-corrected chi connectivity index (χ0v) is 21.4. The van der Waals surface area contributed by atoms with Gasteiger partial charge in [0.05, 0.1) is 33.5 Å². The van der Waals surface area contributed by atoms with Crippen molar-refractivity contribution in [2.45, 2.75) is 0 Å². The molecular weight excluding hydrogens is 492 g/mol. The molecule has 0 saturated carbocycles. The highest BCUT2D eigenvalue weighted by Gasteiger charge is 2.20. The van der Waals surface area contributed by atoms with Crippen molar-refractivity contribution in [2.75, 3.05) is 0 Å². The van der Waals surface area contributed by atoms with E-state index in [-0.39, 0.29) is 5.75 Å². The molecular formula is C35H22N4O. The van der Waals surface area contributed by atoms with Crippen LogP contribution in [0.2, 0.25) is 0 Å². The van der Waals surface area contributed by atoms with Gasteiger partial charge in [0.25, 0.3) is 0 Å². The van der Waals surface area contributed by atoms with Crippen molar-refractivity contribution >= 4 is 21.8 Å². The fraction of sp³-hybridized carbons (Fsp3) is 0. The summed E-state index contributed by atoms with van der Waals surface area (Å²) in [4.78, 5) is 9.66. The monoisotopic (exact) mass is 514 g/mol. The van der Waals surface area contributed by atoms with E-state index in [9.17, 15) is 5.11 Å². The number of aromatic nitrogens is 3. The van der Waals surface area contributed by atoms with Crippen LogP contribution in [0.4, 0.5) is 0 Å². The fourth-order valence-electron chi connectivity index (χ4n) is 5.30. The third-order valence-electron chi connectivity index (χ3n) is 7.20. The van der Waals surface area contributed by atoms with Crippen LogP contribution in [0.1, 0.15) is 5.56 Å². The number of aromatic hydroxyl groups is 1. The van der Waals surface area contributed by atoms with Crippen molar-refractivity contribution in [2.24, 2.45) is 0 Å². The Morgan fingerprint density at radius 2 is 1.45 bits per heavy atom. The Hall–Kier alpha value is -5.73. The number of nitrogens with zero attached hydrogens (tertiary/aromatic N) is 4. The van der Waals surface area contributed by atoms with Crippen molar-refractivity contribution in [1.29, 1.82) is 5.26 Å². The maximum Gasteiger partial charge on any atom is 0.149 e. The van der Waals surface area contributed by atoms with Gasteiger partial charge in [0.1, 0.15) is 17.6 Å². The number of fused-ring (bicyclic) bond motifs is 2. The van der Waals surface area contributed by atoms with Gasteiger partial charge >= 0.3 is 0 Å². The van der Waals surface area contributed by atoms with Gasteiger partial charge in [-0.25, -0.2) is 4.98 Å². The van der Waals surface area contributed by atoms with Gasteiger partial charge in [-0.1, -0.05) is 78.9 Å². The molecule has 0 unspecified atom stereocenters. The molecule has 188 valence electrons. The maximum atomic E-state index is 10.9. The topological polar surface area (TPSA) is 74.7 Å². The highest BCUT2D eigenvalue weighted by Crippen LogP contribution is 2.39. The molecule has 0 atom stereocenters. The van der Waals surface area contributed by atoms with Gasteiger partial charge in [-0.05, 0) is 53.4 Å². The summed E-state index contributed by atoms with van der Waals surface area (Å²) in [6.07, 6.45) is 1.59. The average Bonchev–Trinajstić information content (AvgIpc) is 3.40. The van der Waals surface area contributed by atoms with Crippen LogP contribution < -0.4 is 0 Å². The average molecular weight is 515 g/mol. The second-order valence-electron chi connectivity index (χ2n) is 9.58. The third-order valence-corrected chi connectivity index (χ3v) is 7.20. The van der Waals surface area contributed by atoms with Crippen molar-refractivity contribution in [1.82, 2.24) is 14.5 Å². The normalized spacial score (nSPS) is 11.1. The Morgan fingerprint density at radius 1 is 0.700 bits per heavy atom. The summed E-state index contributed by atoms with van der Waals surface area (Å²) in [6.45, 7) is 0. The van der Waals surface area contributed by atoms with Crippen LogP contribution in [0.5, 0.6) is 5.75 Å². The lowest BCUT2D eigenvalue weighted by molar-refractivity contribution is 0.477. The van der Waals surface area contributed by atoms with E-state index in [1.165, 1.54) is 0 Å². The summed E-state index contributed by atoms with van der Waals surface area (Å²) in [5, 5.41) is 22.2. The van der Waals surface area contributed by atoms with E-state index < -0.39 is 0 Å².